The number of aromatic hydroxyl groups is 1. The molecule has 0 spiro atoms. The fourth-order valence-electron chi connectivity index (χ4n) is 4.48. The minimum absolute atomic E-state index is 0.0460. The van der Waals surface area contributed by atoms with Crippen LogP contribution in [-0.2, 0) is 11.2 Å². The van der Waals surface area contributed by atoms with Crippen LogP contribution in [0.3, 0.4) is 0 Å². The first-order chi connectivity index (χ1) is 18.8. The zero-order chi connectivity index (χ0) is 27.5. The Morgan fingerprint density at radius 1 is 1.08 bits per heavy atom. The number of aliphatic hydroxyl groups excluding tert-OH is 1. The number of anilines is 1. The predicted molar refractivity (Wildman–Crippen MR) is 141 cm³/mol. The van der Waals surface area contributed by atoms with Gasteiger partial charge in [0, 0.05) is 12.0 Å². The second kappa shape index (κ2) is 11.1. The van der Waals surface area contributed by atoms with Crippen LogP contribution in [0.5, 0.6) is 11.6 Å². The van der Waals surface area contributed by atoms with Crippen LogP contribution < -0.4 is 15.7 Å². The molecule has 4 N–H and O–H groups in total. The number of aromatic amines is 1. The summed E-state index contributed by atoms with van der Waals surface area (Å²) in [4.78, 5) is 29.1. The van der Waals surface area contributed by atoms with Crippen molar-refractivity contribution < 1.29 is 28.5 Å². The molecule has 1 aliphatic carbocycles. The van der Waals surface area contributed by atoms with E-state index in [0.29, 0.717) is 22.8 Å². The number of hydrogen-bond acceptors (Lipinski definition) is 5. The Balaban J connectivity index is 1.47. The Bertz CT molecular complexity index is 1530. The van der Waals surface area contributed by atoms with Crippen LogP contribution in [0.15, 0.2) is 71.5 Å². The molecular formula is C29H27F2N3O5. The molecule has 4 aromatic rings. The number of ether oxygens (including phenoxy) is 1. The highest BCUT2D eigenvalue weighted by atomic mass is 19.1. The summed E-state index contributed by atoms with van der Waals surface area (Å²) in [6, 6.07) is 15.2. The number of aromatic nitrogens is 2. The molecule has 1 amide bonds. The van der Waals surface area contributed by atoms with Gasteiger partial charge in [0.15, 0.2) is 0 Å². The van der Waals surface area contributed by atoms with Crippen LogP contribution in [0.1, 0.15) is 35.9 Å². The van der Waals surface area contributed by atoms with Crippen molar-refractivity contribution in [2.45, 2.75) is 31.2 Å². The lowest BCUT2D eigenvalue weighted by Gasteiger charge is -2.19. The third-order valence-corrected chi connectivity index (χ3v) is 6.66. The Labute approximate surface area is 222 Å². The molecule has 1 fully saturated rings. The summed E-state index contributed by atoms with van der Waals surface area (Å²) in [5.41, 5.74) is 1.11. The molecule has 10 heteroatoms. The fraction of sp³-hybridized carbons (Fsp3) is 0.241. The molecule has 0 saturated heterocycles. The zero-order valence-electron chi connectivity index (χ0n) is 20.9. The maximum Gasteiger partial charge on any atom is 0.329 e. The van der Waals surface area contributed by atoms with E-state index in [0.717, 1.165) is 23.0 Å². The molecule has 3 aromatic carbocycles. The summed E-state index contributed by atoms with van der Waals surface area (Å²) < 4.78 is 34.6. The molecule has 39 heavy (non-hydrogen) atoms. The Morgan fingerprint density at radius 3 is 2.44 bits per heavy atom. The minimum atomic E-state index is -1.29. The van der Waals surface area contributed by atoms with E-state index < -0.39 is 35.2 Å². The van der Waals surface area contributed by atoms with Gasteiger partial charge in [0.05, 0.1) is 12.3 Å². The molecule has 5 rings (SSSR count). The van der Waals surface area contributed by atoms with E-state index in [-0.39, 0.29) is 31.0 Å². The highest BCUT2D eigenvalue weighted by Crippen LogP contribution is 2.41. The number of carbonyl (C=O) groups excluding carboxylic acids is 1. The molecule has 1 aromatic heterocycles. The molecule has 202 valence electrons. The summed E-state index contributed by atoms with van der Waals surface area (Å²) >= 11 is 0. The van der Waals surface area contributed by atoms with Crippen molar-refractivity contribution in [3.8, 4) is 22.9 Å². The number of rotatable bonds is 10. The largest absolute Gasteiger partial charge is 0.493 e. The molecule has 0 radical (unpaired) electrons. The number of benzene rings is 3. The van der Waals surface area contributed by atoms with Gasteiger partial charge in [-0.15, -0.1) is 0 Å². The molecule has 1 heterocycles. The van der Waals surface area contributed by atoms with E-state index in [1.165, 1.54) is 36.4 Å². The minimum Gasteiger partial charge on any atom is -0.493 e. The number of nitrogens with one attached hydrogen (secondary N) is 2. The van der Waals surface area contributed by atoms with Crippen molar-refractivity contribution in [2.75, 3.05) is 18.5 Å². The number of nitrogens with zero attached hydrogens (tertiary/aromatic N) is 1. The average Bonchev–Trinajstić information content (AvgIpc) is 3.74. The van der Waals surface area contributed by atoms with Gasteiger partial charge >= 0.3 is 5.69 Å². The van der Waals surface area contributed by atoms with E-state index in [2.05, 4.69) is 10.3 Å². The number of amides is 1. The number of halogens is 2. The number of H-pyrrole nitrogens is 1. The van der Waals surface area contributed by atoms with Crippen molar-refractivity contribution in [2.24, 2.45) is 0 Å². The van der Waals surface area contributed by atoms with Crippen LogP contribution in [-0.4, -0.2) is 38.9 Å². The molecule has 0 unspecified atom stereocenters. The highest BCUT2D eigenvalue weighted by molar-refractivity contribution is 5.94. The molecule has 0 bridgehead atoms. The monoisotopic (exact) mass is 535 g/mol. The van der Waals surface area contributed by atoms with Gasteiger partial charge in [0.2, 0.25) is 11.8 Å². The molecule has 8 nitrogen and oxygen atoms in total. The standard InChI is InChI=1S/C29H27F2N3O5/c30-21-8-1-17(2-9-21)15-25(27(36)32-24-12-7-20(16-23(24)31)18-3-4-18)34-28(37)26(33-29(34)38)19-5-10-22(11-6-19)39-14-13-35/h1-2,5-12,16,18,25,35,37H,3-4,13-15H2,(H,32,36)(H,33,38)/t25-/m0/s1. The Kier molecular flexibility index (Phi) is 7.47. The highest BCUT2D eigenvalue weighted by Gasteiger charge is 2.29. The first-order valence-electron chi connectivity index (χ1n) is 12.6. The second-order valence-corrected chi connectivity index (χ2v) is 9.44. The summed E-state index contributed by atoms with van der Waals surface area (Å²) in [6.07, 6.45) is 1.93. The van der Waals surface area contributed by atoms with Crippen molar-refractivity contribution in [1.82, 2.24) is 9.55 Å². The number of aliphatic hydroxyl groups is 1. The molecule has 0 aliphatic heterocycles. The normalized spacial score (nSPS) is 13.7. The van der Waals surface area contributed by atoms with Crippen molar-refractivity contribution >= 4 is 11.6 Å². The summed E-state index contributed by atoms with van der Waals surface area (Å²) in [5, 5.41) is 22.6. The maximum absolute atomic E-state index is 14.8. The van der Waals surface area contributed by atoms with Gasteiger partial charge in [-0.3, -0.25) is 4.79 Å². The lowest BCUT2D eigenvalue weighted by atomic mass is 10.0. The van der Waals surface area contributed by atoms with Gasteiger partial charge in [-0.05, 0) is 78.4 Å². The van der Waals surface area contributed by atoms with Crippen molar-refractivity contribution in [1.29, 1.82) is 0 Å². The topological polar surface area (TPSA) is 117 Å². The first-order valence-corrected chi connectivity index (χ1v) is 12.6. The molecular weight excluding hydrogens is 508 g/mol. The third-order valence-electron chi connectivity index (χ3n) is 6.66. The maximum atomic E-state index is 14.8. The number of carbonyl (C=O) groups is 1. The van der Waals surface area contributed by atoms with Gasteiger partial charge in [-0.1, -0.05) is 18.2 Å². The van der Waals surface area contributed by atoms with Crippen LogP contribution in [0.25, 0.3) is 11.3 Å². The van der Waals surface area contributed by atoms with Crippen LogP contribution in [0, 0.1) is 11.6 Å². The van der Waals surface area contributed by atoms with Gasteiger partial charge in [-0.25, -0.2) is 18.1 Å². The van der Waals surface area contributed by atoms with E-state index in [4.69, 9.17) is 9.84 Å². The zero-order valence-corrected chi connectivity index (χ0v) is 20.9. The van der Waals surface area contributed by atoms with E-state index in [9.17, 15) is 23.5 Å². The Morgan fingerprint density at radius 2 is 1.79 bits per heavy atom. The van der Waals surface area contributed by atoms with Crippen LogP contribution >= 0.6 is 0 Å². The van der Waals surface area contributed by atoms with Gasteiger partial charge in [0.25, 0.3) is 0 Å². The van der Waals surface area contributed by atoms with E-state index in [1.54, 1.807) is 30.3 Å². The SMILES string of the molecule is O=C(Nc1ccc(C2CC2)cc1F)[C@H](Cc1ccc(F)cc1)n1c(O)c(-c2ccc(OCCO)cc2)[nH]c1=O. The van der Waals surface area contributed by atoms with E-state index >= 15 is 0 Å². The summed E-state index contributed by atoms with van der Waals surface area (Å²) in [6.45, 7) is -0.0351. The quantitative estimate of drug-likeness (QED) is 0.239. The van der Waals surface area contributed by atoms with Crippen LogP contribution in [0.2, 0.25) is 0 Å². The second-order valence-electron chi connectivity index (χ2n) is 9.44. The number of hydrogen-bond donors (Lipinski definition) is 4. The molecule has 1 atom stereocenters. The fourth-order valence-corrected chi connectivity index (χ4v) is 4.48. The van der Waals surface area contributed by atoms with Gasteiger partial charge < -0.3 is 25.3 Å². The predicted octanol–water partition coefficient (Wildman–Crippen LogP) is 4.50. The first kappa shape index (κ1) is 26.2. The lowest BCUT2D eigenvalue weighted by molar-refractivity contribution is -0.119. The summed E-state index contributed by atoms with van der Waals surface area (Å²) in [5.74, 6) is -1.46. The number of imidazole rings is 1. The molecule has 1 saturated carbocycles. The summed E-state index contributed by atoms with van der Waals surface area (Å²) in [7, 11) is 0. The molecule has 1 aliphatic rings. The Hall–Kier alpha value is -4.44. The third kappa shape index (κ3) is 5.85. The van der Waals surface area contributed by atoms with Gasteiger partial charge in [-0.2, -0.15) is 0 Å². The van der Waals surface area contributed by atoms with E-state index in [1.807, 2.05) is 0 Å². The smallest absolute Gasteiger partial charge is 0.329 e. The van der Waals surface area contributed by atoms with Crippen LogP contribution in [0.4, 0.5) is 14.5 Å². The van der Waals surface area contributed by atoms with Gasteiger partial charge in [0.1, 0.15) is 35.7 Å². The van der Waals surface area contributed by atoms with Crippen molar-refractivity contribution in [3.63, 3.8) is 0 Å². The average molecular weight is 536 g/mol. The van der Waals surface area contributed by atoms with Crippen molar-refractivity contribution in [3.05, 3.63) is 100.0 Å². The lowest BCUT2D eigenvalue weighted by Crippen LogP contribution is -2.33.